The lowest BCUT2D eigenvalue weighted by molar-refractivity contribution is 0.0465. The third kappa shape index (κ3) is 4.78. The predicted octanol–water partition coefficient (Wildman–Crippen LogP) is 2.63. The molecule has 2 aromatic heterocycles. The van der Waals surface area contributed by atoms with Crippen LogP contribution in [0.5, 0.6) is 0 Å². The Morgan fingerprint density at radius 3 is 2.47 bits per heavy atom. The number of carbonyl (C=O) groups is 1. The van der Waals surface area contributed by atoms with Gasteiger partial charge in [0.2, 0.25) is 20.9 Å². The number of para-hydroxylation sites is 2. The number of nitrogens with zero attached hydrogens (tertiary/aromatic N) is 4. The van der Waals surface area contributed by atoms with Gasteiger partial charge in [0.1, 0.15) is 17.7 Å². The van der Waals surface area contributed by atoms with Crippen molar-refractivity contribution in [3.63, 3.8) is 0 Å². The van der Waals surface area contributed by atoms with E-state index in [0.29, 0.717) is 11.0 Å². The molecule has 162 valence electrons. The van der Waals surface area contributed by atoms with Crippen LogP contribution in [0.4, 0.5) is 4.79 Å². The number of benzene rings is 1. The highest BCUT2D eigenvalue weighted by atomic mass is 32.2. The summed E-state index contributed by atoms with van der Waals surface area (Å²) >= 11 is 0. The van der Waals surface area contributed by atoms with Gasteiger partial charge in [0.15, 0.2) is 5.82 Å². The van der Waals surface area contributed by atoms with Crippen molar-refractivity contribution in [3.05, 3.63) is 36.0 Å². The maximum Gasteiger partial charge on any atom is 0.408 e. The van der Waals surface area contributed by atoms with E-state index in [1.807, 2.05) is 0 Å². The van der Waals surface area contributed by atoms with E-state index in [1.54, 1.807) is 58.9 Å². The lowest BCUT2D eigenvalue weighted by atomic mass is 10.1. The molecule has 1 aromatic carbocycles. The Morgan fingerprint density at radius 1 is 1.17 bits per heavy atom. The van der Waals surface area contributed by atoms with Crippen LogP contribution < -0.4 is 5.32 Å². The van der Waals surface area contributed by atoms with E-state index in [0.717, 1.165) is 6.26 Å². The summed E-state index contributed by atoms with van der Waals surface area (Å²) in [5, 5.41) is 6.57. The zero-order chi connectivity index (χ0) is 22.3. The lowest BCUT2D eigenvalue weighted by Gasteiger charge is -2.26. The third-order valence-corrected chi connectivity index (χ3v) is 5.06. The first-order valence-electron chi connectivity index (χ1n) is 9.26. The van der Waals surface area contributed by atoms with Crippen LogP contribution in [0.2, 0.25) is 0 Å². The Balaban J connectivity index is 1.88. The fraction of sp³-hybridized carbons (Fsp3) is 0.474. The summed E-state index contributed by atoms with van der Waals surface area (Å²) < 4.78 is 36.5. The number of rotatable bonds is 5. The Bertz CT molecular complexity index is 1190. The molecule has 3 rings (SSSR count). The summed E-state index contributed by atoms with van der Waals surface area (Å²) in [5.41, 5.74) is -0.443. The molecular formula is C19H25N5O5S. The summed E-state index contributed by atoms with van der Waals surface area (Å²) in [6.07, 6.45) is 0.483. The number of aromatic nitrogens is 4. The fourth-order valence-corrected chi connectivity index (χ4v) is 3.64. The summed E-state index contributed by atoms with van der Waals surface area (Å²) in [5.74, 6) is 0.408. The molecule has 3 aromatic rings. The van der Waals surface area contributed by atoms with Crippen LogP contribution in [-0.2, 0) is 26.7 Å². The number of hydrogen-bond acceptors (Lipinski definition) is 8. The second-order valence-corrected chi connectivity index (χ2v) is 10.4. The minimum absolute atomic E-state index is 0.0123. The minimum Gasteiger partial charge on any atom is -0.444 e. The van der Waals surface area contributed by atoms with Gasteiger partial charge in [0.25, 0.3) is 0 Å². The first kappa shape index (κ1) is 21.8. The van der Waals surface area contributed by atoms with Crippen molar-refractivity contribution in [3.8, 4) is 0 Å². The molecule has 0 aliphatic carbocycles. The van der Waals surface area contributed by atoms with Crippen LogP contribution in [0, 0.1) is 0 Å². The fourth-order valence-electron chi connectivity index (χ4n) is 2.81. The van der Waals surface area contributed by atoms with Gasteiger partial charge in [0, 0.05) is 6.26 Å². The molecular weight excluding hydrogens is 410 g/mol. The number of hydrogen-bond donors (Lipinski definition) is 1. The topological polar surface area (TPSA) is 129 Å². The molecule has 0 saturated carbocycles. The van der Waals surface area contributed by atoms with E-state index in [2.05, 4.69) is 20.4 Å². The van der Waals surface area contributed by atoms with E-state index in [9.17, 15) is 13.2 Å². The Labute approximate surface area is 174 Å². The highest BCUT2D eigenvalue weighted by molar-refractivity contribution is 7.90. The summed E-state index contributed by atoms with van der Waals surface area (Å²) in [6, 6.07) is 7.07. The van der Waals surface area contributed by atoms with Gasteiger partial charge in [-0.15, -0.1) is 0 Å². The molecule has 11 heteroatoms. The monoisotopic (exact) mass is 435 g/mol. The van der Waals surface area contributed by atoms with Crippen LogP contribution in [0.15, 0.2) is 33.9 Å². The molecule has 30 heavy (non-hydrogen) atoms. The SMILES string of the molecule is CC(C)(C)OC(=O)NC(C)(C)c1noc(Cn2c(S(C)(=O)=O)nc3ccccc32)n1. The number of carbonyl (C=O) groups excluding carboxylic acids is 1. The Kier molecular flexibility index (Phi) is 5.35. The smallest absolute Gasteiger partial charge is 0.408 e. The third-order valence-electron chi connectivity index (χ3n) is 4.09. The number of sulfone groups is 1. The van der Waals surface area contributed by atoms with Crippen molar-refractivity contribution in [1.82, 2.24) is 25.0 Å². The molecule has 0 bridgehead atoms. The van der Waals surface area contributed by atoms with Gasteiger partial charge < -0.3 is 19.1 Å². The molecule has 0 spiro atoms. The summed E-state index contributed by atoms with van der Waals surface area (Å²) in [7, 11) is -3.58. The molecule has 10 nitrogen and oxygen atoms in total. The van der Waals surface area contributed by atoms with Crippen LogP contribution in [-0.4, -0.2) is 46.1 Å². The number of fused-ring (bicyclic) bond motifs is 1. The van der Waals surface area contributed by atoms with Crippen molar-refractivity contribution in [2.45, 2.75) is 57.5 Å². The van der Waals surface area contributed by atoms with Gasteiger partial charge in [-0.05, 0) is 46.8 Å². The van der Waals surface area contributed by atoms with Gasteiger partial charge >= 0.3 is 6.09 Å². The first-order chi connectivity index (χ1) is 13.8. The van der Waals surface area contributed by atoms with Crippen molar-refractivity contribution >= 4 is 27.0 Å². The van der Waals surface area contributed by atoms with Crippen molar-refractivity contribution in [1.29, 1.82) is 0 Å². The number of imidazole rings is 1. The van der Waals surface area contributed by atoms with E-state index >= 15 is 0 Å². The first-order valence-corrected chi connectivity index (χ1v) is 11.1. The van der Waals surface area contributed by atoms with E-state index in [4.69, 9.17) is 9.26 Å². The molecule has 0 unspecified atom stereocenters. The largest absolute Gasteiger partial charge is 0.444 e. The second kappa shape index (κ2) is 7.38. The quantitative estimate of drug-likeness (QED) is 0.647. The average molecular weight is 436 g/mol. The van der Waals surface area contributed by atoms with Crippen molar-refractivity contribution in [2.24, 2.45) is 0 Å². The van der Waals surface area contributed by atoms with E-state index < -0.39 is 27.1 Å². The molecule has 0 atom stereocenters. The van der Waals surface area contributed by atoms with Crippen LogP contribution in [0.25, 0.3) is 11.0 Å². The van der Waals surface area contributed by atoms with Crippen LogP contribution >= 0.6 is 0 Å². The van der Waals surface area contributed by atoms with Crippen molar-refractivity contribution in [2.75, 3.05) is 6.26 Å². The summed E-state index contributed by atoms with van der Waals surface area (Å²) in [4.78, 5) is 20.7. The summed E-state index contributed by atoms with van der Waals surface area (Å²) in [6.45, 7) is 8.72. The zero-order valence-corrected chi connectivity index (χ0v) is 18.6. The van der Waals surface area contributed by atoms with Crippen LogP contribution in [0.1, 0.15) is 46.3 Å². The molecule has 1 N–H and O–H groups in total. The molecule has 0 radical (unpaired) electrons. The number of amides is 1. The molecule has 0 saturated heterocycles. The molecule has 2 heterocycles. The van der Waals surface area contributed by atoms with E-state index in [-0.39, 0.29) is 23.4 Å². The average Bonchev–Trinajstić information content (AvgIpc) is 3.18. The van der Waals surface area contributed by atoms with Crippen LogP contribution in [0.3, 0.4) is 0 Å². The number of ether oxygens (including phenoxy) is 1. The maximum atomic E-state index is 12.2. The van der Waals surface area contributed by atoms with Gasteiger partial charge in [0.05, 0.1) is 11.0 Å². The number of alkyl carbamates (subject to hydrolysis) is 1. The molecule has 0 aliphatic rings. The standard InChI is InChI=1S/C19H25N5O5S/c1-18(2,3)28-17(25)22-19(4,5)15-21-14(29-23-15)11-24-13-10-8-7-9-12(13)20-16(24)30(6,26)27/h7-10H,11H2,1-6H3,(H,22,25). The predicted molar refractivity (Wildman–Crippen MR) is 109 cm³/mol. The zero-order valence-electron chi connectivity index (χ0n) is 17.8. The van der Waals surface area contributed by atoms with Gasteiger partial charge in [-0.3, -0.25) is 0 Å². The highest BCUT2D eigenvalue weighted by Crippen LogP contribution is 2.22. The molecule has 0 aliphatic heterocycles. The van der Waals surface area contributed by atoms with Gasteiger partial charge in [-0.25, -0.2) is 18.2 Å². The van der Waals surface area contributed by atoms with Gasteiger partial charge in [-0.2, -0.15) is 4.98 Å². The number of nitrogens with one attached hydrogen (secondary N) is 1. The molecule has 0 fully saturated rings. The highest BCUT2D eigenvalue weighted by Gasteiger charge is 2.31. The van der Waals surface area contributed by atoms with E-state index in [1.165, 1.54) is 4.57 Å². The lowest BCUT2D eigenvalue weighted by Crippen LogP contribution is -2.44. The Morgan fingerprint density at radius 2 is 1.83 bits per heavy atom. The van der Waals surface area contributed by atoms with Crippen molar-refractivity contribution < 1.29 is 22.5 Å². The molecule has 1 amide bonds. The van der Waals surface area contributed by atoms with Gasteiger partial charge in [-0.1, -0.05) is 17.3 Å². The minimum atomic E-state index is -3.58. The second-order valence-electron chi connectivity index (χ2n) is 8.51. The Hall–Kier alpha value is -2.95. The normalized spacial score (nSPS) is 12.9. The maximum absolute atomic E-state index is 12.2.